The molecule has 0 radical (unpaired) electrons. The van der Waals surface area contributed by atoms with Gasteiger partial charge in [0, 0.05) is 17.7 Å². The normalized spacial score (nSPS) is 15.5. The Balaban J connectivity index is 2.01. The highest BCUT2D eigenvalue weighted by Crippen LogP contribution is 2.29. The van der Waals surface area contributed by atoms with Crippen molar-refractivity contribution in [2.75, 3.05) is 0 Å². The van der Waals surface area contributed by atoms with E-state index in [9.17, 15) is 9.50 Å². The van der Waals surface area contributed by atoms with E-state index in [1.54, 1.807) is 29.0 Å². The predicted octanol–water partition coefficient (Wildman–Crippen LogP) is 4.02. The zero-order valence-electron chi connectivity index (χ0n) is 11.7. The van der Waals surface area contributed by atoms with Gasteiger partial charge in [-0.2, -0.15) is 5.10 Å². The highest BCUT2D eigenvalue weighted by atomic mass is 32.1. The summed E-state index contributed by atoms with van der Waals surface area (Å²) in [5.41, 5.74) is 2.16. The van der Waals surface area contributed by atoms with Crippen LogP contribution in [-0.2, 0) is 6.54 Å². The van der Waals surface area contributed by atoms with Gasteiger partial charge in [-0.25, -0.2) is 4.39 Å². The van der Waals surface area contributed by atoms with Crippen molar-refractivity contribution in [3.8, 4) is 5.88 Å². The van der Waals surface area contributed by atoms with Gasteiger partial charge in [0.15, 0.2) is 3.95 Å². The smallest absolute Gasteiger partial charge is 0.210 e. The second-order valence-corrected chi connectivity index (χ2v) is 6.28. The molecule has 0 atom stereocenters. The van der Waals surface area contributed by atoms with E-state index >= 15 is 0 Å². The average molecular weight is 333 g/mol. The summed E-state index contributed by atoms with van der Waals surface area (Å²) in [4.78, 5) is 0.657. The molecule has 0 bridgehead atoms. The minimum atomic E-state index is -0.301. The molecule has 1 aromatic carbocycles. The summed E-state index contributed by atoms with van der Waals surface area (Å²) >= 11 is 6.55. The Labute approximate surface area is 135 Å². The van der Waals surface area contributed by atoms with E-state index in [2.05, 4.69) is 10.2 Å². The van der Waals surface area contributed by atoms with Gasteiger partial charge in [-0.3, -0.25) is 4.57 Å². The summed E-state index contributed by atoms with van der Waals surface area (Å²) in [6, 6.07) is 6.05. The van der Waals surface area contributed by atoms with Gasteiger partial charge in [0.1, 0.15) is 11.5 Å². The van der Waals surface area contributed by atoms with Crippen LogP contribution in [0.25, 0.3) is 6.08 Å². The van der Waals surface area contributed by atoms with E-state index in [4.69, 9.17) is 12.2 Å². The molecule has 1 N–H and O–H groups in total. The van der Waals surface area contributed by atoms with E-state index in [1.165, 1.54) is 23.5 Å². The minimum Gasteiger partial charge on any atom is -0.493 e. The van der Waals surface area contributed by atoms with Crippen molar-refractivity contribution in [2.24, 2.45) is 10.2 Å². The molecule has 0 spiro atoms. The second kappa shape index (κ2) is 5.94. The maximum Gasteiger partial charge on any atom is 0.210 e. The molecule has 1 aliphatic heterocycles. The van der Waals surface area contributed by atoms with Crippen molar-refractivity contribution in [1.29, 1.82) is 0 Å². The highest BCUT2D eigenvalue weighted by molar-refractivity contribution is 7.73. The van der Waals surface area contributed by atoms with Gasteiger partial charge < -0.3 is 5.11 Å². The molecule has 0 aliphatic carbocycles. The highest BCUT2D eigenvalue weighted by Gasteiger charge is 2.16. The third kappa shape index (κ3) is 2.65. The summed E-state index contributed by atoms with van der Waals surface area (Å²) in [5, 5.41) is 18.2. The molecule has 22 heavy (non-hydrogen) atoms. The molecule has 1 aromatic heterocycles. The first-order chi connectivity index (χ1) is 10.6. The fraction of sp³-hybridized carbons (Fsp3) is 0.133. The van der Waals surface area contributed by atoms with E-state index < -0.39 is 0 Å². The molecule has 2 aromatic rings. The lowest BCUT2D eigenvalue weighted by molar-refractivity contribution is 0.419. The van der Waals surface area contributed by atoms with Crippen molar-refractivity contribution >= 4 is 41.6 Å². The van der Waals surface area contributed by atoms with E-state index in [0.717, 1.165) is 11.1 Å². The quantitative estimate of drug-likeness (QED) is 0.863. The van der Waals surface area contributed by atoms with Crippen LogP contribution in [0.3, 0.4) is 0 Å². The Kier molecular flexibility index (Phi) is 4.00. The summed E-state index contributed by atoms with van der Waals surface area (Å²) in [5.74, 6) is -0.159. The topological polar surface area (TPSA) is 49.9 Å². The van der Waals surface area contributed by atoms with Crippen molar-refractivity contribution in [1.82, 2.24) is 4.57 Å². The molecule has 0 amide bonds. The zero-order chi connectivity index (χ0) is 15.7. The van der Waals surface area contributed by atoms with Crippen LogP contribution < -0.4 is 0 Å². The first-order valence-electron chi connectivity index (χ1n) is 6.61. The summed E-state index contributed by atoms with van der Waals surface area (Å²) in [6.07, 6.45) is 3.40. The fourth-order valence-electron chi connectivity index (χ4n) is 2.13. The molecule has 2 heterocycles. The van der Waals surface area contributed by atoms with Crippen molar-refractivity contribution < 1.29 is 9.50 Å². The number of aromatic nitrogens is 1. The van der Waals surface area contributed by atoms with Gasteiger partial charge in [0.05, 0.1) is 11.1 Å². The summed E-state index contributed by atoms with van der Waals surface area (Å²) < 4.78 is 15.3. The molecule has 4 nitrogen and oxygen atoms in total. The lowest BCUT2D eigenvalue weighted by Crippen LogP contribution is -2.02. The van der Waals surface area contributed by atoms with Crippen LogP contribution >= 0.6 is 23.6 Å². The molecule has 0 saturated heterocycles. The number of allylic oxidation sites excluding steroid dienone is 1. The van der Waals surface area contributed by atoms with Crippen LogP contribution in [0.5, 0.6) is 5.88 Å². The van der Waals surface area contributed by atoms with Crippen LogP contribution in [0.1, 0.15) is 17.4 Å². The fourth-order valence-corrected chi connectivity index (χ4v) is 3.52. The molecule has 0 saturated carbocycles. The molecule has 0 unspecified atom stereocenters. The number of halogens is 1. The number of hydrogen-bond donors (Lipinski definition) is 1. The third-order valence-corrected chi connectivity index (χ3v) is 4.63. The zero-order valence-corrected chi connectivity index (χ0v) is 13.3. The monoisotopic (exact) mass is 333 g/mol. The molecular weight excluding hydrogens is 321 g/mol. The number of thiazole rings is 1. The lowest BCUT2D eigenvalue weighted by atomic mass is 10.0. The third-order valence-electron chi connectivity index (χ3n) is 3.24. The standard InChI is InChI=1S/C15H12FN3OS2/c1-2-19-14(20)12(22-15(19)21)7-10-8-17-18-13(10)9-3-5-11(16)6-4-9/h3-8,20H,2H2,1H3/b10-7-. The molecular formula is C15H12FN3OS2. The van der Waals surface area contributed by atoms with E-state index in [0.29, 0.717) is 21.1 Å². The van der Waals surface area contributed by atoms with Crippen LogP contribution in [-0.4, -0.2) is 21.6 Å². The number of nitrogens with zero attached hydrogens (tertiary/aromatic N) is 3. The van der Waals surface area contributed by atoms with Gasteiger partial charge in [-0.1, -0.05) is 0 Å². The summed E-state index contributed by atoms with van der Waals surface area (Å²) in [6.45, 7) is 2.53. The molecule has 1 aliphatic rings. The van der Waals surface area contributed by atoms with Crippen LogP contribution in [0.15, 0.2) is 40.0 Å². The Morgan fingerprint density at radius 1 is 1.36 bits per heavy atom. The van der Waals surface area contributed by atoms with Gasteiger partial charge in [0.25, 0.3) is 0 Å². The van der Waals surface area contributed by atoms with Gasteiger partial charge in [-0.15, -0.1) is 16.4 Å². The molecule has 7 heteroatoms. The molecule has 3 rings (SSSR count). The molecule has 0 fully saturated rings. The first-order valence-corrected chi connectivity index (χ1v) is 7.84. The van der Waals surface area contributed by atoms with Crippen LogP contribution in [0, 0.1) is 9.77 Å². The summed E-state index contributed by atoms with van der Waals surface area (Å²) in [7, 11) is 0. The van der Waals surface area contributed by atoms with E-state index in [-0.39, 0.29) is 11.7 Å². The number of benzene rings is 1. The maximum absolute atomic E-state index is 13.0. The van der Waals surface area contributed by atoms with Crippen LogP contribution in [0.2, 0.25) is 0 Å². The largest absolute Gasteiger partial charge is 0.493 e. The minimum absolute atomic E-state index is 0.142. The average Bonchev–Trinajstić information content (AvgIpc) is 3.06. The Morgan fingerprint density at radius 3 is 2.73 bits per heavy atom. The van der Waals surface area contributed by atoms with E-state index in [1.807, 2.05) is 6.92 Å². The second-order valence-electron chi connectivity index (χ2n) is 4.60. The van der Waals surface area contributed by atoms with Gasteiger partial charge in [-0.05, 0) is 49.5 Å². The number of hydrogen-bond acceptors (Lipinski definition) is 5. The van der Waals surface area contributed by atoms with Crippen molar-refractivity contribution in [2.45, 2.75) is 13.5 Å². The number of aromatic hydroxyl groups is 1. The maximum atomic E-state index is 13.0. The van der Waals surface area contributed by atoms with Gasteiger partial charge >= 0.3 is 0 Å². The van der Waals surface area contributed by atoms with Crippen molar-refractivity contribution in [3.05, 3.63) is 50.1 Å². The lowest BCUT2D eigenvalue weighted by Gasteiger charge is -2.02. The van der Waals surface area contributed by atoms with Gasteiger partial charge in [0.2, 0.25) is 5.88 Å². The SMILES string of the molecule is CCn1c(O)c(/C=C2/C=NN=C2c2ccc(F)cc2)sc1=S. The predicted molar refractivity (Wildman–Crippen MR) is 89.9 cm³/mol. The Bertz CT molecular complexity index is 860. The van der Waals surface area contributed by atoms with Crippen molar-refractivity contribution in [3.63, 3.8) is 0 Å². The number of rotatable bonds is 3. The molecule has 112 valence electrons. The Hall–Kier alpha value is -2.12. The first kappa shape index (κ1) is 14.8. The Morgan fingerprint density at radius 2 is 2.09 bits per heavy atom. The van der Waals surface area contributed by atoms with Crippen LogP contribution in [0.4, 0.5) is 4.39 Å².